The van der Waals surface area contributed by atoms with E-state index < -0.39 is 0 Å². The molecule has 0 aliphatic rings. The Morgan fingerprint density at radius 1 is 0.327 bits per heavy atom. The maximum Gasteiger partial charge on any atom is 0.235 e. The van der Waals surface area contributed by atoms with Crippen molar-refractivity contribution >= 4 is 21.8 Å². The fourth-order valence-electron chi connectivity index (χ4n) is 7.76. The molecule has 3 heteroatoms. The average Bonchev–Trinajstić information content (AvgIpc) is 3.61. The molecule has 2 aromatic heterocycles. The summed E-state index contributed by atoms with van der Waals surface area (Å²) in [6, 6.07) is 73.2. The summed E-state index contributed by atoms with van der Waals surface area (Å²) in [5.74, 6) is 0.632. The summed E-state index contributed by atoms with van der Waals surface area (Å²) in [6.45, 7) is 0. The van der Waals surface area contributed by atoms with Crippen LogP contribution < -0.4 is 0 Å². The fraction of sp³-hybridized carbons (Fsp3) is 0. The van der Waals surface area contributed by atoms with Crippen LogP contribution in [0.25, 0.3) is 94.6 Å². The summed E-state index contributed by atoms with van der Waals surface area (Å²) in [5.41, 5.74) is 15.7. The number of benzene rings is 8. The molecule has 0 fully saturated rings. The molecule has 0 aliphatic carbocycles. The van der Waals surface area contributed by atoms with E-state index in [-0.39, 0.29) is 0 Å². The van der Waals surface area contributed by atoms with Crippen molar-refractivity contribution in [2.75, 3.05) is 0 Å². The number of fused-ring (bicyclic) bond motifs is 3. The Kier molecular flexibility index (Phi) is 8.16. The van der Waals surface area contributed by atoms with Crippen molar-refractivity contribution in [3.05, 3.63) is 212 Å². The van der Waals surface area contributed by atoms with Crippen molar-refractivity contribution in [2.45, 2.75) is 0 Å². The Balaban J connectivity index is 1.16. The fourth-order valence-corrected chi connectivity index (χ4v) is 7.76. The molecule has 0 bridgehead atoms. The van der Waals surface area contributed by atoms with Crippen LogP contribution in [0.3, 0.4) is 0 Å². The lowest BCUT2D eigenvalue weighted by Crippen LogP contribution is -2.03. The van der Waals surface area contributed by atoms with Crippen LogP contribution in [0.2, 0.25) is 0 Å². The van der Waals surface area contributed by atoms with Crippen molar-refractivity contribution in [1.29, 1.82) is 0 Å². The van der Waals surface area contributed by atoms with Gasteiger partial charge in [-0.1, -0.05) is 170 Å². The van der Waals surface area contributed by atoms with Gasteiger partial charge >= 0.3 is 0 Å². The second kappa shape index (κ2) is 13.9. The minimum Gasteiger partial charge on any atom is -0.277 e. The molecule has 10 rings (SSSR count). The lowest BCUT2D eigenvalue weighted by molar-refractivity contribution is 0.992. The van der Waals surface area contributed by atoms with Gasteiger partial charge in [-0.25, -0.2) is 9.97 Å². The molecular formula is C52H35N3. The zero-order valence-electron chi connectivity index (χ0n) is 30.0. The standard InChI is InChI=1S/C52H35N3/c1-5-14-36(15-6-1)39-24-26-40(27-25-39)42-22-13-23-44(32-42)49-30-31-53-52(54-49)55-50-29-28-43(37-16-7-2-8-17-37)33-47(50)48-35-45(38-18-9-3-10-19-38)34-46(51(48)55)41-20-11-4-12-21-41/h1-35H. The highest BCUT2D eigenvalue weighted by molar-refractivity contribution is 6.16. The van der Waals surface area contributed by atoms with Crippen LogP contribution in [0.4, 0.5) is 0 Å². The lowest BCUT2D eigenvalue weighted by Gasteiger charge is -2.13. The highest BCUT2D eigenvalue weighted by Gasteiger charge is 2.21. The third-order valence-electron chi connectivity index (χ3n) is 10.5. The average molecular weight is 702 g/mol. The summed E-state index contributed by atoms with van der Waals surface area (Å²) in [6.07, 6.45) is 1.88. The van der Waals surface area contributed by atoms with E-state index in [9.17, 15) is 0 Å². The van der Waals surface area contributed by atoms with Gasteiger partial charge < -0.3 is 0 Å². The summed E-state index contributed by atoms with van der Waals surface area (Å²) in [7, 11) is 0. The molecule has 0 atom stereocenters. The highest BCUT2D eigenvalue weighted by Crippen LogP contribution is 2.42. The maximum atomic E-state index is 5.32. The van der Waals surface area contributed by atoms with Gasteiger partial charge in [0.05, 0.1) is 16.7 Å². The predicted octanol–water partition coefficient (Wildman–Crippen LogP) is 13.6. The topological polar surface area (TPSA) is 30.7 Å². The lowest BCUT2D eigenvalue weighted by atomic mass is 9.95. The number of rotatable bonds is 7. The van der Waals surface area contributed by atoms with E-state index in [1.165, 1.54) is 33.4 Å². The molecule has 10 aromatic rings. The van der Waals surface area contributed by atoms with Gasteiger partial charge in [0.15, 0.2) is 0 Å². The molecule has 8 aromatic carbocycles. The van der Waals surface area contributed by atoms with E-state index in [2.05, 4.69) is 205 Å². The van der Waals surface area contributed by atoms with Gasteiger partial charge in [0.25, 0.3) is 0 Å². The molecule has 0 radical (unpaired) electrons. The first-order chi connectivity index (χ1) is 27.3. The predicted molar refractivity (Wildman–Crippen MR) is 229 cm³/mol. The summed E-state index contributed by atoms with van der Waals surface area (Å²) >= 11 is 0. The van der Waals surface area contributed by atoms with Crippen LogP contribution in [-0.4, -0.2) is 14.5 Å². The van der Waals surface area contributed by atoms with Crippen molar-refractivity contribution in [3.8, 4) is 72.8 Å². The number of aromatic nitrogens is 3. The third kappa shape index (κ3) is 6.08. The smallest absolute Gasteiger partial charge is 0.235 e. The number of hydrogen-bond donors (Lipinski definition) is 0. The molecule has 0 amide bonds. The van der Waals surface area contributed by atoms with E-state index in [1.54, 1.807) is 0 Å². The minimum absolute atomic E-state index is 0.632. The third-order valence-corrected chi connectivity index (χ3v) is 10.5. The zero-order valence-corrected chi connectivity index (χ0v) is 30.0. The summed E-state index contributed by atoms with van der Waals surface area (Å²) < 4.78 is 2.26. The molecule has 0 N–H and O–H groups in total. The van der Waals surface area contributed by atoms with Gasteiger partial charge in [-0.05, 0) is 86.5 Å². The second-order valence-corrected chi connectivity index (χ2v) is 13.9. The highest BCUT2D eigenvalue weighted by atomic mass is 15.2. The minimum atomic E-state index is 0.632. The Hall–Kier alpha value is -7.36. The number of nitrogens with zero attached hydrogens (tertiary/aromatic N) is 3. The number of hydrogen-bond acceptors (Lipinski definition) is 2. The monoisotopic (exact) mass is 701 g/mol. The van der Waals surface area contributed by atoms with Gasteiger partial charge in [0, 0.05) is 28.1 Å². The summed E-state index contributed by atoms with van der Waals surface area (Å²) in [5, 5.41) is 2.31. The largest absolute Gasteiger partial charge is 0.277 e. The van der Waals surface area contributed by atoms with Gasteiger partial charge in [0.2, 0.25) is 5.95 Å². The Morgan fingerprint density at radius 2 is 0.800 bits per heavy atom. The van der Waals surface area contributed by atoms with Gasteiger partial charge in [-0.3, -0.25) is 4.57 Å². The molecule has 0 saturated carbocycles. The molecule has 0 unspecified atom stereocenters. The van der Waals surface area contributed by atoms with Gasteiger partial charge in [-0.15, -0.1) is 0 Å². The van der Waals surface area contributed by atoms with Crippen LogP contribution in [0, 0.1) is 0 Å². The Morgan fingerprint density at radius 3 is 1.45 bits per heavy atom. The van der Waals surface area contributed by atoms with Crippen molar-refractivity contribution in [1.82, 2.24) is 14.5 Å². The van der Waals surface area contributed by atoms with Gasteiger partial charge in [0.1, 0.15) is 0 Å². The van der Waals surface area contributed by atoms with Crippen LogP contribution in [0.15, 0.2) is 212 Å². The van der Waals surface area contributed by atoms with Crippen molar-refractivity contribution in [3.63, 3.8) is 0 Å². The molecule has 0 aliphatic heterocycles. The molecule has 258 valence electrons. The van der Waals surface area contributed by atoms with Gasteiger partial charge in [-0.2, -0.15) is 0 Å². The van der Waals surface area contributed by atoms with Crippen LogP contribution in [0.5, 0.6) is 0 Å². The van der Waals surface area contributed by atoms with E-state index in [4.69, 9.17) is 9.97 Å². The molecule has 0 saturated heterocycles. The molecule has 55 heavy (non-hydrogen) atoms. The van der Waals surface area contributed by atoms with Crippen LogP contribution >= 0.6 is 0 Å². The maximum absolute atomic E-state index is 5.32. The normalized spacial score (nSPS) is 11.3. The first-order valence-corrected chi connectivity index (χ1v) is 18.7. The quantitative estimate of drug-likeness (QED) is 0.166. The van der Waals surface area contributed by atoms with E-state index in [0.29, 0.717) is 5.95 Å². The zero-order chi connectivity index (χ0) is 36.6. The summed E-state index contributed by atoms with van der Waals surface area (Å²) in [4.78, 5) is 10.3. The van der Waals surface area contributed by atoms with E-state index in [0.717, 1.165) is 55.3 Å². The first-order valence-electron chi connectivity index (χ1n) is 18.7. The first kappa shape index (κ1) is 32.3. The van der Waals surface area contributed by atoms with Crippen molar-refractivity contribution < 1.29 is 0 Å². The SMILES string of the molecule is c1ccc(-c2ccc(-c3cccc(-c4ccnc(-n5c6ccc(-c7ccccc7)cc6c6cc(-c7ccccc7)cc(-c7ccccc7)c65)n4)c3)cc2)cc1. The van der Waals surface area contributed by atoms with E-state index in [1.807, 2.05) is 12.3 Å². The van der Waals surface area contributed by atoms with Crippen LogP contribution in [0.1, 0.15) is 0 Å². The Labute approximate surface area is 320 Å². The van der Waals surface area contributed by atoms with E-state index >= 15 is 0 Å². The van der Waals surface area contributed by atoms with Crippen LogP contribution in [-0.2, 0) is 0 Å². The van der Waals surface area contributed by atoms with Crippen molar-refractivity contribution in [2.24, 2.45) is 0 Å². The Bertz CT molecular complexity index is 2930. The molecule has 2 heterocycles. The molecular weight excluding hydrogens is 667 g/mol. The second-order valence-electron chi connectivity index (χ2n) is 13.9. The molecule has 3 nitrogen and oxygen atoms in total. The molecule has 0 spiro atoms.